The van der Waals surface area contributed by atoms with Crippen LogP contribution in [0.3, 0.4) is 0 Å². The van der Waals surface area contributed by atoms with Crippen molar-refractivity contribution in [2.75, 3.05) is 5.43 Å². The maximum absolute atomic E-state index is 11.0. The van der Waals surface area contributed by atoms with Crippen molar-refractivity contribution < 1.29 is 4.92 Å². The Morgan fingerprint density at radius 3 is 2.60 bits per heavy atom. The second-order valence-electron chi connectivity index (χ2n) is 4.67. The highest BCUT2D eigenvalue weighted by molar-refractivity contribution is 5.65. The molecule has 0 spiro atoms. The molecular formula is C13H17N5O2. The van der Waals surface area contributed by atoms with Gasteiger partial charge in [-0.05, 0) is 26.3 Å². The average Bonchev–Trinajstić information content (AvgIpc) is 2.66. The lowest BCUT2D eigenvalue weighted by Gasteiger charge is -2.10. The fraction of sp³-hybridized carbons (Fsp3) is 0.308. The first kappa shape index (κ1) is 14.0. The number of nitrogens with zero attached hydrogens (tertiary/aromatic N) is 3. The van der Waals surface area contributed by atoms with Gasteiger partial charge in [0.1, 0.15) is 5.69 Å². The van der Waals surface area contributed by atoms with E-state index in [1.807, 2.05) is 25.5 Å². The Kier molecular flexibility index (Phi) is 3.71. The Morgan fingerprint density at radius 1 is 1.40 bits per heavy atom. The fourth-order valence-corrected chi connectivity index (χ4v) is 2.14. The topological polar surface area (TPSA) is 99.0 Å². The number of rotatable bonds is 4. The van der Waals surface area contributed by atoms with Gasteiger partial charge in [-0.2, -0.15) is 5.10 Å². The molecule has 0 amide bonds. The van der Waals surface area contributed by atoms with Crippen molar-refractivity contribution in [3.05, 3.63) is 50.8 Å². The molecule has 7 nitrogen and oxygen atoms in total. The Morgan fingerprint density at radius 2 is 2.10 bits per heavy atom. The molecule has 1 heterocycles. The van der Waals surface area contributed by atoms with Crippen molar-refractivity contribution in [1.29, 1.82) is 0 Å². The van der Waals surface area contributed by atoms with Gasteiger partial charge in [-0.3, -0.25) is 20.6 Å². The number of aryl methyl sites for hydroxylation is 1. The van der Waals surface area contributed by atoms with Crippen molar-refractivity contribution in [3.8, 4) is 0 Å². The maximum Gasteiger partial charge on any atom is 0.293 e. The summed E-state index contributed by atoms with van der Waals surface area (Å²) < 4.78 is 1.82. The van der Waals surface area contributed by atoms with Crippen LogP contribution < -0.4 is 11.3 Å². The lowest BCUT2D eigenvalue weighted by Crippen LogP contribution is -2.14. The average molecular weight is 275 g/mol. The summed E-state index contributed by atoms with van der Waals surface area (Å²) in [5.74, 6) is 5.43. The summed E-state index contributed by atoms with van der Waals surface area (Å²) in [6.45, 7) is 6.35. The van der Waals surface area contributed by atoms with Gasteiger partial charge in [-0.1, -0.05) is 12.1 Å². The van der Waals surface area contributed by atoms with E-state index in [-0.39, 0.29) is 5.69 Å². The molecule has 2 aromatic rings. The summed E-state index contributed by atoms with van der Waals surface area (Å²) in [4.78, 5) is 10.5. The van der Waals surface area contributed by atoms with Crippen molar-refractivity contribution in [2.24, 2.45) is 5.84 Å². The number of para-hydroxylation sites is 1. The summed E-state index contributed by atoms with van der Waals surface area (Å²) in [7, 11) is 0. The van der Waals surface area contributed by atoms with E-state index in [9.17, 15) is 10.1 Å². The molecule has 0 aliphatic heterocycles. The normalized spacial score (nSPS) is 10.6. The molecule has 0 saturated heterocycles. The van der Waals surface area contributed by atoms with Crippen molar-refractivity contribution in [3.63, 3.8) is 0 Å². The number of aromatic nitrogens is 2. The third-order valence-corrected chi connectivity index (χ3v) is 3.53. The van der Waals surface area contributed by atoms with Gasteiger partial charge in [0.25, 0.3) is 5.69 Å². The Hall–Kier alpha value is -2.41. The largest absolute Gasteiger partial charge is 0.318 e. The summed E-state index contributed by atoms with van der Waals surface area (Å²) in [6.07, 6.45) is 0. The molecule has 20 heavy (non-hydrogen) atoms. The molecule has 3 N–H and O–H groups in total. The molecule has 1 aromatic carbocycles. The zero-order valence-electron chi connectivity index (χ0n) is 11.7. The van der Waals surface area contributed by atoms with Crippen LogP contribution in [0.1, 0.15) is 22.5 Å². The number of nitro groups is 1. The molecule has 0 unspecified atom stereocenters. The standard InChI is InChI=1S/C13H17N5O2/c1-8-9(2)16-17(10(8)3)7-11-5-4-6-12(18(19)20)13(11)15-14/h4-6,15H,7,14H2,1-3H3. The number of nitro benzene ring substituents is 1. The second kappa shape index (κ2) is 5.30. The summed E-state index contributed by atoms with van der Waals surface area (Å²) in [5.41, 5.74) is 6.55. The number of nitrogens with two attached hydrogens (primary N) is 1. The van der Waals surface area contributed by atoms with Crippen LogP contribution in [0.15, 0.2) is 18.2 Å². The van der Waals surface area contributed by atoms with E-state index < -0.39 is 4.92 Å². The summed E-state index contributed by atoms with van der Waals surface area (Å²) in [6, 6.07) is 4.87. The van der Waals surface area contributed by atoms with Crippen molar-refractivity contribution >= 4 is 11.4 Å². The quantitative estimate of drug-likeness (QED) is 0.505. The van der Waals surface area contributed by atoms with E-state index in [2.05, 4.69) is 10.5 Å². The minimum Gasteiger partial charge on any atom is -0.318 e. The molecule has 0 atom stereocenters. The molecule has 0 fully saturated rings. The maximum atomic E-state index is 11.0. The van der Waals surface area contributed by atoms with E-state index in [0.29, 0.717) is 12.2 Å². The van der Waals surface area contributed by atoms with Gasteiger partial charge < -0.3 is 5.43 Å². The summed E-state index contributed by atoms with van der Waals surface area (Å²) in [5, 5.41) is 15.4. The molecule has 0 radical (unpaired) electrons. The zero-order valence-corrected chi connectivity index (χ0v) is 11.7. The molecule has 1 aromatic heterocycles. The predicted molar refractivity (Wildman–Crippen MR) is 76.4 cm³/mol. The molecular weight excluding hydrogens is 258 g/mol. The van der Waals surface area contributed by atoms with Crippen LogP contribution in [0.25, 0.3) is 0 Å². The van der Waals surface area contributed by atoms with Gasteiger partial charge in [0.15, 0.2) is 0 Å². The predicted octanol–water partition coefficient (Wildman–Crippen LogP) is 2.05. The summed E-state index contributed by atoms with van der Waals surface area (Å²) >= 11 is 0. The van der Waals surface area contributed by atoms with Gasteiger partial charge in [0.2, 0.25) is 0 Å². The van der Waals surface area contributed by atoms with Crippen molar-refractivity contribution in [2.45, 2.75) is 27.3 Å². The van der Waals surface area contributed by atoms with E-state index in [1.54, 1.807) is 12.1 Å². The molecule has 0 saturated carbocycles. The number of hydrogen-bond acceptors (Lipinski definition) is 5. The van der Waals surface area contributed by atoms with Crippen LogP contribution in [0, 0.1) is 30.9 Å². The lowest BCUT2D eigenvalue weighted by atomic mass is 10.1. The minimum absolute atomic E-state index is 0.0387. The van der Waals surface area contributed by atoms with Crippen LogP contribution in [0.4, 0.5) is 11.4 Å². The number of hydrazine groups is 1. The SMILES string of the molecule is Cc1nn(Cc2cccc([N+](=O)[O-])c2NN)c(C)c1C. The molecule has 0 aliphatic carbocycles. The monoisotopic (exact) mass is 275 g/mol. The Balaban J connectivity index is 2.46. The lowest BCUT2D eigenvalue weighted by molar-refractivity contribution is -0.384. The first-order chi connectivity index (χ1) is 9.45. The molecule has 2 rings (SSSR count). The molecule has 7 heteroatoms. The van der Waals surface area contributed by atoms with E-state index in [4.69, 9.17) is 5.84 Å². The third kappa shape index (κ3) is 2.35. The Bertz CT molecular complexity index is 663. The number of hydrogen-bond donors (Lipinski definition) is 2. The smallest absolute Gasteiger partial charge is 0.293 e. The molecule has 106 valence electrons. The van der Waals surface area contributed by atoms with Gasteiger partial charge in [-0.25, -0.2) is 0 Å². The third-order valence-electron chi connectivity index (χ3n) is 3.53. The van der Waals surface area contributed by atoms with Gasteiger partial charge in [0, 0.05) is 17.3 Å². The van der Waals surface area contributed by atoms with E-state index >= 15 is 0 Å². The fourth-order valence-electron chi connectivity index (χ4n) is 2.14. The second-order valence-corrected chi connectivity index (χ2v) is 4.67. The van der Waals surface area contributed by atoms with Gasteiger partial charge >= 0.3 is 0 Å². The number of nitrogen functional groups attached to an aromatic ring is 1. The minimum atomic E-state index is -0.453. The highest BCUT2D eigenvalue weighted by Gasteiger charge is 2.17. The number of anilines is 1. The number of nitrogens with one attached hydrogen (secondary N) is 1. The molecule has 0 aliphatic rings. The van der Waals surface area contributed by atoms with Crippen molar-refractivity contribution in [1.82, 2.24) is 9.78 Å². The van der Waals surface area contributed by atoms with Crippen LogP contribution in [0.2, 0.25) is 0 Å². The number of benzene rings is 1. The van der Waals surface area contributed by atoms with E-state index in [1.165, 1.54) is 6.07 Å². The van der Waals surface area contributed by atoms with Crippen LogP contribution >= 0.6 is 0 Å². The van der Waals surface area contributed by atoms with E-state index in [0.717, 1.165) is 22.5 Å². The first-order valence-corrected chi connectivity index (χ1v) is 6.19. The van der Waals surface area contributed by atoms with Gasteiger partial charge in [-0.15, -0.1) is 0 Å². The van der Waals surface area contributed by atoms with Crippen LogP contribution in [-0.4, -0.2) is 14.7 Å². The highest BCUT2D eigenvalue weighted by atomic mass is 16.6. The zero-order chi connectivity index (χ0) is 14.9. The van der Waals surface area contributed by atoms with Gasteiger partial charge in [0.05, 0.1) is 17.2 Å². The first-order valence-electron chi connectivity index (χ1n) is 6.19. The highest BCUT2D eigenvalue weighted by Crippen LogP contribution is 2.28. The molecule has 0 bridgehead atoms. The Labute approximate surface area is 116 Å². The van der Waals surface area contributed by atoms with Crippen LogP contribution in [0.5, 0.6) is 0 Å². The van der Waals surface area contributed by atoms with Crippen LogP contribution in [-0.2, 0) is 6.54 Å².